The summed E-state index contributed by atoms with van der Waals surface area (Å²) in [5, 5.41) is 0.853. The van der Waals surface area contributed by atoms with Gasteiger partial charge in [0.1, 0.15) is 19.3 Å². The van der Waals surface area contributed by atoms with Crippen LogP contribution in [0.25, 0.3) is 0 Å². The number of carbonyl (C=O) groups excluding carboxylic acids is 3. The molecule has 0 bridgehead atoms. The summed E-state index contributed by atoms with van der Waals surface area (Å²) in [6.45, 7) is 1.51. The molecule has 0 aliphatic carbocycles. The van der Waals surface area contributed by atoms with Crippen molar-refractivity contribution in [3.63, 3.8) is 0 Å². The third kappa shape index (κ3) is 6.43. The van der Waals surface area contributed by atoms with Gasteiger partial charge in [-0.1, -0.05) is 91.0 Å². The number of ether oxygens (including phenoxy) is 2. The molecule has 164 valence electrons. The average Bonchev–Trinajstić information content (AvgIpc) is 2.85. The maximum atomic E-state index is 12.9. The first-order valence-electron chi connectivity index (χ1n) is 10.1. The molecule has 7 nitrogen and oxygen atoms in total. The first kappa shape index (κ1) is 22.6. The zero-order valence-electron chi connectivity index (χ0n) is 17.6. The number of hydrogen-bond acceptors (Lipinski definition) is 5. The molecule has 2 amide bonds. The van der Waals surface area contributed by atoms with Crippen molar-refractivity contribution in [2.24, 2.45) is 0 Å². The molecule has 0 radical (unpaired) electrons. The first-order chi connectivity index (χ1) is 15.5. The number of benzene rings is 3. The molecule has 0 aromatic heterocycles. The van der Waals surface area contributed by atoms with E-state index in [0.29, 0.717) is 5.56 Å². The van der Waals surface area contributed by atoms with Gasteiger partial charge in [0.2, 0.25) is 0 Å². The average molecular weight is 432 g/mol. The Bertz CT molecular complexity index is 1030. The van der Waals surface area contributed by atoms with Crippen LogP contribution in [0, 0.1) is 0 Å². The Labute approximate surface area is 186 Å². The van der Waals surface area contributed by atoms with Crippen molar-refractivity contribution >= 4 is 18.0 Å². The minimum atomic E-state index is -1.02. The Balaban J connectivity index is 1.69. The number of amides is 2. The van der Waals surface area contributed by atoms with E-state index >= 15 is 0 Å². The predicted octanol–water partition coefficient (Wildman–Crippen LogP) is 4.74. The van der Waals surface area contributed by atoms with Gasteiger partial charge < -0.3 is 9.47 Å². The summed E-state index contributed by atoms with van der Waals surface area (Å²) in [7, 11) is 0. The van der Waals surface area contributed by atoms with E-state index in [2.05, 4.69) is 5.43 Å². The normalized spacial score (nSPS) is 11.2. The van der Waals surface area contributed by atoms with Gasteiger partial charge >= 0.3 is 12.2 Å². The van der Waals surface area contributed by atoms with Crippen LogP contribution in [0.1, 0.15) is 28.4 Å². The Morgan fingerprint density at radius 3 is 1.75 bits per heavy atom. The molecule has 7 heteroatoms. The molecule has 3 aromatic rings. The van der Waals surface area contributed by atoms with Gasteiger partial charge in [-0.2, -0.15) is 0 Å². The summed E-state index contributed by atoms with van der Waals surface area (Å²) in [5.41, 5.74) is 4.31. The van der Waals surface area contributed by atoms with Gasteiger partial charge in [0, 0.05) is 5.56 Å². The highest BCUT2D eigenvalue weighted by Crippen LogP contribution is 2.11. The summed E-state index contributed by atoms with van der Waals surface area (Å²) in [6.07, 6.45) is -1.75. The second kappa shape index (κ2) is 11.3. The van der Waals surface area contributed by atoms with E-state index in [9.17, 15) is 14.4 Å². The summed E-state index contributed by atoms with van der Waals surface area (Å²) < 4.78 is 10.5. The highest BCUT2D eigenvalue weighted by atomic mass is 16.6. The molecular weight excluding hydrogens is 408 g/mol. The molecule has 0 heterocycles. The number of hydrazine groups is 1. The van der Waals surface area contributed by atoms with Gasteiger partial charge in [0.15, 0.2) is 5.78 Å². The fourth-order valence-corrected chi connectivity index (χ4v) is 2.90. The molecule has 0 fully saturated rings. The van der Waals surface area contributed by atoms with Gasteiger partial charge in [0.05, 0.1) is 0 Å². The lowest BCUT2D eigenvalue weighted by Gasteiger charge is -2.27. The minimum Gasteiger partial charge on any atom is -0.443 e. The van der Waals surface area contributed by atoms with E-state index in [4.69, 9.17) is 9.47 Å². The van der Waals surface area contributed by atoms with Crippen LogP contribution in [0.3, 0.4) is 0 Å². The van der Waals surface area contributed by atoms with Crippen molar-refractivity contribution in [2.75, 3.05) is 0 Å². The fraction of sp³-hybridized carbons (Fsp3) is 0.160. The Morgan fingerprint density at radius 1 is 0.750 bits per heavy atom. The van der Waals surface area contributed by atoms with Crippen LogP contribution in [-0.2, 0) is 22.7 Å². The van der Waals surface area contributed by atoms with E-state index in [0.717, 1.165) is 16.1 Å². The van der Waals surface area contributed by atoms with Crippen molar-refractivity contribution in [2.45, 2.75) is 26.2 Å². The molecule has 3 aromatic carbocycles. The van der Waals surface area contributed by atoms with Crippen molar-refractivity contribution in [1.29, 1.82) is 0 Å². The topological polar surface area (TPSA) is 84.9 Å². The van der Waals surface area contributed by atoms with E-state index in [-0.39, 0.29) is 19.0 Å². The number of nitrogens with one attached hydrogen (secondary N) is 1. The molecule has 0 saturated carbocycles. The van der Waals surface area contributed by atoms with Gasteiger partial charge in [-0.05, 0) is 18.1 Å². The third-order valence-corrected chi connectivity index (χ3v) is 4.65. The maximum absolute atomic E-state index is 12.9. The lowest BCUT2D eigenvalue weighted by atomic mass is 10.1. The second-order valence-corrected chi connectivity index (χ2v) is 6.99. The maximum Gasteiger partial charge on any atom is 0.429 e. The highest BCUT2D eigenvalue weighted by molar-refractivity contribution is 6.01. The number of nitrogens with zero attached hydrogens (tertiary/aromatic N) is 1. The van der Waals surface area contributed by atoms with Gasteiger partial charge in [-0.15, -0.1) is 0 Å². The van der Waals surface area contributed by atoms with E-state index in [1.807, 2.05) is 36.4 Å². The molecule has 1 N–H and O–H groups in total. The summed E-state index contributed by atoms with van der Waals surface area (Å²) in [5.74, 6) is -0.356. The van der Waals surface area contributed by atoms with E-state index in [1.165, 1.54) is 6.92 Å². The minimum absolute atomic E-state index is 0.0108. The van der Waals surface area contributed by atoms with Crippen LogP contribution < -0.4 is 5.43 Å². The number of hydrogen-bond donors (Lipinski definition) is 1. The highest BCUT2D eigenvalue weighted by Gasteiger charge is 2.30. The Morgan fingerprint density at radius 2 is 1.22 bits per heavy atom. The summed E-state index contributed by atoms with van der Waals surface area (Å²) in [4.78, 5) is 38.0. The van der Waals surface area contributed by atoms with Crippen molar-refractivity contribution in [3.8, 4) is 0 Å². The lowest BCUT2D eigenvalue weighted by Crippen LogP contribution is -2.54. The molecule has 0 spiro atoms. The second-order valence-electron chi connectivity index (χ2n) is 6.99. The number of ketones is 1. The molecule has 32 heavy (non-hydrogen) atoms. The molecule has 0 aliphatic heterocycles. The van der Waals surface area contributed by atoms with Crippen LogP contribution in [0.4, 0.5) is 9.59 Å². The smallest absolute Gasteiger partial charge is 0.429 e. The standard InChI is InChI=1S/C25H24N2O5/c1-19(23(28)22-15-9-4-10-16-22)27(25(30)32-18-21-13-7-3-8-14-21)26-24(29)31-17-20-11-5-2-6-12-20/h2-16,19H,17-18H2,1H3,(H,26,29)/t19-/m1/s1. The Hall–Kier alpha value is -4.13. The first-order valence-corrected chi connectivity index (χ1v) is 10.1. The quantitative estimate of drug-likeness (QED) is 0.431. The zero-order valence-corrected chi connectivity index (χ0v) is 17.6. The van der Waals surface area contributed by atoms with Crippen molar-refractivity contribution in [3.05, 3.63) is 108 Å². The molecule has 1 atom stereocenters. The zero-order chi connectivity index (χ0) is 22.8. The Kier molecular flexibility index (Phi) is 7.97. The number of rotatable bonds is 7. The predicted molar refractivity (Wildman–Crippen MR) is 118 cm³/mol. The molecule has 0 saturated heterocycles. The fourth-order valence-electron chi connectivity index (χ4n) is 2.90. The largest absolute Gasteiger partial charge is 0.443 e. The van der Waals surface area contributed by atoms with E-state index in [1.54, 1.807) is 54.6 Å². The van der Waals surface area contributed by atoms with Crippen LogP contribution in [0.15, 0.2) is 91.0 Å². The van der Waals surface area contributed by atoms with E-state index < -0.39 is 18.2 Å². The SMILES string of the molecule is C[C@H](C(=O)c1ccccc1)N(NC(=O)OCc1ccccc1)C(=O)OCc1ccccc1. The monoisotopic (exact) mass is 432 g/mol. The molecular formula is C25H24N2O5. The van der Waals surface area contributed by atoms with Crippen LogP contribution in [-0.4, -0.2) is 29.0 Å². The lowest BCUT2D eigenvalue weighted by molar-refractivity contribution is 0.0451. The summed E-state index contributed by atoms with van der Waals surface area (Å²) >= 11 is 0. The van der Waals surface area contributed by atoms with Gasteiger partial charge in [-0.3, -0.25) is 4.79 Å². The number of Topliss-reactive ketones (excluding diaryl/α,β-unsaturated/α-hetero) is 1. The molecule has 0 aliphatic rings. The van der Waals surface area contributed by atoms with Crippen molar-refractivity contribution in [1.82, 2.24) is 10.4 Å². The van der Waals surface area contributed by atoms with Crippen LogP contribution in [0.5, 0.6) is 0 Å². The van der Waals surface area contributed by atoms with Crippen LogP contribution in [0.2, 0.25) is 0 Å². The summed E-state index contributed by atoms with van der Waals surface area (Å²) in [6, 6.07) is 25.7. The van der Waals surface area contributed by atoms with Crippen LogP contribution >= 0.6 is 0 Å². The number of carbonyl (C=O) groups is 3. The van der Waals surface area contributed by atoms with Gasteiger partial charge in [-0.25, -0.2) is 20.0 Å². The molecule has 3 rings (SSSR count). The third-order valence-electron chi connectivity index (χ3n) is 4.65. The van der Waals surface area contributed by atoms with Gasteiger partial charge in [0.25, 0.3) is 0 Å². The molecule has 0 unspecified atom stereocenters. The van der Waals surface area contributed by atoms with Crippen molar-refractivity contribution < 1.29 is 23.9 Å².